The molecule has 3 N–H and O–H groups in total. The van der Waals surface area contributed by atoms with Crippen LogP contribution in [0.25, 0.3) is 0 Å². The van der Waals surface area contributed by atoms with E-state index in [9.17, 15) is 9.90 Å². The van der Waals surface area contributed by atoms with Gasteiger partial charge in [0.1, 0.15) is 6.04 Å². The number of carboxylic acid groups (broad SMARTS) is 1. The lowest BCUT2D eigenvalue weighted by atomic mass is 9.87. The average Bonchev–Trinajstić information content (AvgIpc) is 2.26. The van der Waals surface area contributed by atoms with Gasteiger partial charge in [0, 0.05) is 0 Å². The Hall–Kier alpha value is -0.610. The van der Waals surface area contributed by atoms with Crippen molar-refractivity contribution in [2.45, 2.75) is 57.6 Å². The van der Waals surface area contributed by atoms with Gasteiger partial charge in [0.05, 0.1) is 6.10 Å². The largest absolute Gasteiger partial charge is 0.480 e. The number of hydrogen-bond donors (Lipinski definition) is 3. The molecule has 1 atom stereocenters. The summed E-state index contributed by atoms with van der Waals surface area (Å²) < 4.78 is 0. The molecule has 0 aromatic heterocycles. The van der Waals surface area contributed by atoms with Gasteiger partial charge in [0.2, 0.25) is 0 Å². The Labute approximate surface area is 97.0 Å². The van der Waals surface area contributed by atoms with Crippen LogP contribution < -0.4 is 5.32 Å². The summed E-state index contributed by atoms with van der Waals surface area (Å²) >= 11 is 0. The fraction of sp³-hybridized carbons (Fsp3) is 0.917. The van der Waals surface area contributed by atoms with Crippen molar-refractivity contribution in [2.75, 3.05) is 6.54 Å². The van der Waals surface area contributed by atoms with E-state index in [0.29, 0.717) is 12.3 Å². The molecule has 1 saturated carbocycles. The number of aliphatic hydroxyl groups excluding tert-OH is 1. The predicted octanol–water partition coefficient (Wildman–Crippen LogP) is 1.38. The molecule has 1 unspecified atom stereocenters. The quantitative estimate of drug-likeness (QED) is 0.643. The van der Waals surface area contributed by atoms with Gasteiger partial charge in [-0.3, -0.25) is 4.79 Å². The summed E-state index contributed by atoms with van der Waals surface area (Å²) in [5.74, 6) is -0.222. The molecule has 1 aliphatic carbocycles. The molecule has 16 heavy (non-hydrogen) atoms. The molecular weight excluding hydrogens is 206 g/mol. The molecule has 0 spiro atoms. The second kappa shape index (κ2) is 6.86. The maximum Gasteiger partial charge on any atom is 0.320 e. The van der Waals surface area contributed by atoms with Crippen molar-refractivity contribution in [3.05, 3.63) is 0 Å². The van der Waals surface area contributed by atoms with Crippen molar-refractivity contribution in [3.8, 4) is 0 Å². The van der Waals surface area contributed by atoms with Gasteiger partial charge in [-0.2, -0.15) is 0 Å². The zero-order chi connectivity index (χ0) is 12.0. The van der Waals surface area contributed by atoms with Crippen LogP contribution in [0.4, 0.5) is 0 Å². The predicted molar refractivity (Wildman–Crippen MR) is 62.3 cm³/mol. The van der Waals surface area contributed by atoms with Crippen LogP contribution in [0.1, 0.15) is 45.4 Å². The van der Waals surface area contributed by atoms with Gasteiger partial charge in [-0.05, 0) is 44.6 Å². The van der Waals surface area contributed by atoms with E-state index in [1.54, 1.807) is 0 Å². The number of aliphatic carboxylic acids is 1. The van der Waals surface area contributed by atoms with Crippen LogP contribution in [0.15, 0.2) is 0 Å². The van der Waals surface area contributed by atoms with Gasteiger partial charge in [-0.25, -0.2) is 0 Å². The van der Waals surface area contributed by atoms with Crippen molar-refractivity contribution < 1.29 is 15.0 Å². The highest BCUT2D eigenvalue weighted by molar-refractivity contribution is 5.73. The summed E-state index contributed by atoms with van der Waals surface area (Å²) in [6.45, 7) is 2.76. The minimum absolute atomic E-state index is 0.137. The van der Waals surface area contributed by atoms with Crippen molar-refractivity contribution >= 4 is 5.97 Å². The van der Waals surface area contributed by atoms with Crippen LogP contribution in [0.2, 0.25) is 0 Å². The topological polar surface area (TPSA) is 69.6 Å². The smallest absolute Gasteiger partial charge is 0.320 e. The molecule has 94 valence electrons. The third kappa shape index (κ3) is 4.49. The fourth-order valence-electron chi connectivity index (χ4n) is 2.26. The van der Waals surface area contributed by atoms with Gasteiger partial charge in [0.25, 0.3) is 0 Å². The summed E-state index contributed by atoms with van der Waals surface area (Å²) in [5, 5.41) is 21.5. The minimum atomic E-state index is -0.752. The van der Waals surface area contributed by atoms with E-state index in [-0.39, 0.29) is 6.10 Å². The summed E-state index contributed by atoms with van der Waals surface area (Å²) in [7, 11) is 0. The lowest BCUT2D eigenvalue weighted by Crippen LogP contribution is -2.40. The zero-order valence-corrected chi connectivity index (χ0v) is 9.98. The van der Waals surface area contributed by atoms with Crippen LogP contribution in [0.3, 0.4) is 0 Å². The third-order valence-electron chi connectivity index (χ3n) is 3.34. The molecular formula is C12H23NO3. The van der Waals surface area contributed by atoms with E-state index >= 15 is 0 Å². The SMILES string of the molecule is CCCC(NCC1CCC(O)CC1)C(=O)O. The Morgan fingerprint density at radius 3 is 2.50 bits per heavy atom. The summed E-state index contributed by atoms with van der Waals surface area (Å²) in [6.07, 6.45) is 5.16. The Bertz CT molecular complexity index is 212. The molecule has 0 amide bonds. The normalized spacial score (nSPS) is 27.6. The lowest BCUT2D eigenvalue weighted by molar-refractivity contribution is -0.139. The Balaban J connectivity index is 2.23. The first-order chi connectivity index (χ1) is 7.63. The second-order valence-corrected chi connectivity index (χ2v) is 4.76. The molecule has 1 aliphatic rings. The molecule has 4 nitrogen and oxygen atoms in total. The minimum Gasteiger partial charge on any atom is -0.480 e. The zero-order valence-electron chi connectivity index (χ0n) is 9.98. The molecule has 0 aliphatic heterocycles. The Kier molecular flexibility index (Phi) is 5.77. The maximum absolute atomic E-state index is 10.9. The first-order valence-corrected chi connectivity index (χ1v) is 6.27. The number of rotatable bonds is 6. The van der Waals surface area contributed by atoms with Crippen LogP contribution in [-0.2, 0) is 4.79 Å². The Morgan fingerprint density at radius 2 is 2.00 bits per heavy atom. The second-order valence-electron chi connectivity index (χ2n) is 4.76. The van der Waals surface area contributed by atoms with Gasteiger partial charge < -0.3 is 15.5 Å². The number of nitrogens with one attached hydrogen (secondary N) is 1. The van der Waals surface area contributed by atoms with E-state index in [2.05, 4.69) is 5.32 Å². The summed E-state index contributed by atoms with van der Waals surface area (Å²) in [6, 6.07) is -0.406. The maximum atomic E-state index is 10.9. The van der Waals surface area contributed by atoms with Crippen LogP contribution in [0, 0.1) is 5.92 Å². The van der Waals surface area contributed by atoms with Crippen molar-refractivity contribution in [1.82, 2.24) is 5.32 Å². The van der Waals surface area contributed by atoms with E-state index in [1.807, 2.05) is 6.92 Å². The average molecular weight is 229 g/mol. The molecule has 0 heterocycles. The molecule has 1 fully saturated rings. The molecule has 4 heteroatoms. The highest BCUT2D eigenvalue weighted by Gasteiger charge is 2.22. The molecule has 0 radical (unpaired) electrons. The fourth-order valence-corrected chi connectivity index (χ4v) is 2.26. The van der Waals surface area contributed by atoms with E-state index in [1.165, 1.54) is 0 Å². The highest BCUT2D eigenvalue weighted by atomic mass is 16.4. The monoisotopic (exact) mass is 229 g/mol. The number of hydrogen-bond acceptors (Lipinski definition) is 3. The van der Waals surface area contributed by atoms with Gasteiger partial charge in [-0.1, -0.05) is 13.3 Å². The van der Waals surface area contributed by atoms with E-state index in [0.717, 1.165) is 38.6 Å². The molecule has 0 aromatic rings. The lowest BCUT2D eigenvalue weighted by Gasteiger charge is -2.26. The first kappa shape index (κ1) is 13.5. The van der Waals surface area contributed by atoms with Gasteiger partial charge in [-0.15, -0.1) is 0 Å². The first-order valence-electron chi connectivity index (χ1n) is 6.27. The number of carbonyl (C=O) groups is 1. The van der Waals surface area contributed by atoms with Crippen LogP contribution in [-0.4, -0.2) is 34.9 Å². The van der Waals surface area contributed by atoms with Crippen molar-refractivity contribution in [1.29, 1.82) is 0 Å². The molecule has 0 aromatic carbocycles. The third-order valence-corrected chi connectivity index (χ3v) is 3.34. The molecule has 0 bridgehead atoms. The van der Waals surface area contributed by atoms with Crippen LogP contribution >= 0.6 is 0 Å². The summed E-state index contributed by atoms with van der Waals surface area (Å²) in [5.41, 5.74) is 0. The Morgan fingerprint density at radius 1 is 1.38 bits per heavy atom. The highest BCUT2D eigenvalue weighted by Crippen LogP contribution is 2.23. The van der Waals surface area contributed by atoms with Crippen LogP contribution in [0.5, 0.6) is 0 Å². The number of aliphatic hydroxyl groups is 1. The molecule has 1 rings (SSSR count). The number of carboxylic acids is 1. The standard InChI is InChI=1S/C12H23NO3/c1-2-3-11(12(15)16)13-8-9-4-6-10(14)7-5-9/h9-11,13-14H,2-8H2,1H3,(H,15,16). The van der Waals surface area contributed by atoms with Gasteiger partial charge in [0.15, 0.2) is 0 Å². The van der Waals surface area contributed by atoms with E-state index < -0.39 is 12.0 Å². The van der Waals surface area contributed by atoms with Gasteiger partial charge >= 0.3 is 5.97 Å². The molecule has 0 saturated heterocycles. The van der Waals surface area contributed by atoms with E-state index in [4.69, 9.17) is 5.11 Å². The summed E-state index contributed by atoms with van der Waals surface area (Å²) in [4.78, 5) is 10.9. The van der Waals surface area contributed by atoms with Crippen molar-refractivity contribution in [2.24, 2.45) is 5.92 Å². The van der Waals surface area contributed by atoms with Crippen molar-refractivity contribution in [3.63, 3.8) is 0 Å².